The summed E-state index contributed by atoms with van der Waals surface area (Å²) in [5.74, 6) is 0. The van der Waals surface area contributed by atoms with Gasteiger partial charge in [-0.2, -0.15) is 0 Å². The molecule has 4 nitrogen and oxygen atoms in total. The number of hydrogen-bond acceptors (Lipinski definition) is 2. The Morgan fingerprint density at radius 3 is 1.21 bits per heavy atom. The first-order valence-electron chi connectivity index (χ1n) is 17.0. The van der Waals surface area contributed by atoms with Gasteiger partial charge in [-0.15, -0.1) is 0 Å². The van der Waals surface area contributed by atoms with Gasteiger partial charge in [-0.1, -0.05) is 105 Å². The highest BCUT2D eigenvalue weighted by atomic mass is 79.9. The van der Waals surface area contributed by atoms with Crippen LogP contribution in [0.5, 0.6) is 0 Å². The van der Waals surface area contributed by atoms with Crippen LogP contribution >= 0.6 is 31.9 Å². The van der Waals surface area contributed by atoms with Gasteiger partial charge in [-0.3, -0.25) is 9.97 Å². The van der Waals surface area contributed by atoms with Crippen LogP contribution in [0, 0.1) is 0 Å². The van der Waals surface area contributed by atoms with E-state index in [9.17, 15) is 0 Å². The molecular weight excluding hydrogens is 768 g/mol. The summed E-state index contributed by atoms with van der Waals surface area (Å²) in [5.41, 5.74) is 11.7. The summed E-state index contributed by atoms with van der Waals surface area (Å²) in [6.45, 7) is 0. The maximum absolute atomic E-state index is 4.26. The Morgan fingerprint density at radius 1 is 0.346 bits per heavy atom. The van der Waals surface area contributed by atoms with E-state index < -0.39 is 0 Å². The number of fused-ring (bicyclic) bond motifs is 6. The summed E-state index contributed by atoms with van der Waals surface area (Å²) in [7, 11) is 0. The smallest absolute Gasteiger partial charge is 0.0541 e. The van der Waals surface area contributed by atoms with Crippen LogP contribution in [0.15, 0.2) is 191 Å². The lowest BCUT2D eigenvalue weighted by Crippen LogP contribution is -1.94. The standard InChI is InChI=1S/C23H14Br2N2.C23H16N2/c24-17-6-8-22-20(12-17)21-13-18(25)7-9-23(21)27(22)19-5-1-3-15(11-19)16-4-2-10-26-14-16;1-3-12-22-20(10-1)21-11-2-4-13-23(21)25(22)19-9-5-7-17(15-19)18-8-6-14-24-16-18/h1-14H;1-16H. The van der Waals surface area contributed by atoms with Crippen molar-refractivity contribution in [2.45, 2.75) is 0 Å². The van der Waals surface area contributed by atoms with Crippen molar-refractivity contribution >= 4 is 75.5 Å². The Hall–Kier alpha value is -5.82. The molecule has 10 rings (SSSR count). The molecule has 0 bridgehead atoms. The lowest BCUT2D eigenvalue weighted by molar-refractivity contribution is 1.18. The van der Waals surface area contributed by atoms with E-state index >= 15 is 0 Å². The zero-order chi connectivity index (χ0) is 35.0. The number of benzene rings is 6. The largest absolute Gasteiger partial charge is 0.309 e. The minimum atomic E-state index is 1.08. The molecule has 0 amide bonds. The van der Waals surface area contributed by atoms with E-state index in [1.54, 1.807) is 12.4 Å². The number of para-hydroxylation sites is 2. The van der Waals surface area contributed by atoms with Gasteiger partial charge in [-0.05, 0) is 96.1 Å². The van der Waals surface area contributed by atoms with Crippen molar-refractivity contribution in [2.24, 2.45) is 0 Å². The topological polar surface area (TPSA) is 35.6 Å². The van der Waals surface area contributed by atoms with Gasteiger partial charge in [0.1, 0.15) is 0 Å². The van der Waals surface area contributed by atoms with Gasteiger partial charge in [0.25, 0.3) is 0 Å². The molecule has 0 aliphatic rings. The SMILES string of the molecule is Brc1ccc2c(c1)c1cc(Br)ccc1n2-c1cccc(-c2cccnc2)c1.c1cncc(-c2cccc(-n3c4ccccc4c4ccccc43)c2)c1. The normalized spacial score (nSPS) is 11.3. The molecule has 52 heavy (non-hydrogen) atoms. The number of rotatable bonds is 4. The summed E-state index contributed by atoms with van der Waals surface area (Å²) in [5, 5.41) is 5.02. The summed E-state index contributed by atoms with van der Waals surface area (Å²) in [6.07, 6.45) is 7.42. The number of nitrogens with zero attached hydrogens (tertiary/aromatic N) is 4. The Morgan fingerprint density at radius 2 is 0.769 bits per heavy atom. The average molecular weight is 799 g/mol. The second-order valence-corrected chi connectivity index (χ2v) is 14.4. The Bertz CT molecular complexity index is 2760. The number of aromatic nitrogens is 4. The molecule has 0 saturated carbocycles. The predicted octanol–water partition coefficient (Wildman–Crippen LogP) is 13.2. The van der Waals surface area contributed by atoms with Gasteiger partial charge >= 0.3 is 0 Å². The molecule has 0 spiro atoms. The first kappa shape index (κ1) is 32.1. The maximum atomic E-state index is 4.26. The lowest BCUT2D eigenvalue weighted by atomic mass is 10.1. The summed E-state index contributed by atoms with van der Waals surface area (Å²) in [4.78, 5) is 8.50. The lowest BCUT2D eigenvalue weighted by Gasteiger charge is -2.10. The molecule has 0 radical (unpaired) electrons. The summed E-state index contributed by atoms with van der Waals surface area (Å²) in [6, 6.07) is 55.4. The zero-order valence-electron chi connectivity index (χ0n) is 27.9. The first-order chi connectivity index (χ1) is 25.6. The highest BCUT2D eigenvalue weighted by Crippen LogP contribution is 2.36. The van der Waals surface area contributed by atoms with Gasteiger partial charge < -0.3 is 9.13 Å². The number of halogens is 2. The Labute approximate surface area is 317 Å². The molecule has 4 heterocycles. The van der Waals surface area contributed by atoms with Crippen LogP contribution in [0.25, 0.3) is 77.2 Å². The van der Waals surface area contributed by atoms with Crippen molar-refractivity contribution in [3.63, 3.8) is 0 Å². The van der Waals surface area contributed by atoms with E-state index in [2.05, 4.69) is 197 Å². The van der Waals surface area contributed by atoms with Crippen LogP contribution in [-0.4, -0.2) is 19.1 Å². The van der Waals surface area contributed by atoms with Crippen LogP contribution in [0.4, 0.5) is 0 Å². The van der Waals surface area contributed by atoms with E-state index in [0.717, 1.165) is 31.3 Å². The monoisotopic (exact) mass is 796 g/mol. The molecule has 0 fully saturated rings. The highest BCUT2D eigenvalue weighted by molar-refractivity contribution is 9.10. The zero-order valence-corrected chi connectivity index (χ0v) is 31.0. The van der Waals surface area contributed by atoms with Gasteiger partial charge in [0, 0.05) is 77.8 Å². The van der Waals surface area contributed by atoms with Crippen molar-refractivity contribution in [1.82, 2.24) is 19.1 Å². The minimum absolute atomic E-state index is 1.08. The summed E-state index contributed by atoms with van der Waals surface area (Å²) < 4.78 is 6.82. The molecule has 4 aromatic heterocycles. The fourth-order valence-electron chi connectivity index (χ4n) is 7.16. The number of pyridine rings is 2. The molecule has 0 N–H and O–H groups in total. The van der Waals surface area contributed by atoms with E-state index in [-0.39, 0.29) is 0 Å². The Balaban J connectivity index is 0.000000139. The van der Waals surface area contributed by atoms with Crippen LogP contribution in [0.1, 0.15) is 0 Å². The Kier molecular flexibility index (Phi) is 8.47. The molecule has 10 aromatic rings. The summed E-state index contributed by atoms with van der Waals surface area (Å²) >= 11 is 7.23. The van der Waals surface area contributed by atoms with Crippen molar-refractivity contribution in [1.29, 1.82) is 0 Å². The molecule has 6 heteroatoms. The fraction of sp³-hybridized carbons (Fsp3) is 0. The number of hydrogen-bond donors (Lipinski definition) is 0. The van der Waals surface area contributed by atoms with Crippen LogP contribution in [0.3, 0.4) is 0 Å². The van der Waals surface area contributed by atoms with E-state index in [0.29, 0.717) is 0 Å². The fourth-order valence-corrected chi connectivity index (χ4v) is 7.88. The third-order valence-corrected chi connectivity index (χ3v) is 10.5. The molecule has 248 valence electrons. The predicted molar refractivity (Wildman–Crippen MR) is 223 cm³/mol. The second kappa shape index (κ2) is 13.7. The molecule has 6 aromatic carbocycles. The van der Waals surface area contributed by atoms with E-state index in [1.165, 1.54) is 54.9 Å². The van der Waals surface area contributed by atoms with Crippen molar-refractivity contribution in [2.75, 3.05) is 0 Å². The third-order valence-electron chi connectivity index (χ3n) is 9.47. The van der Waals surface area contributed by atoms with Crippen molar-refractivity contribution < 1.29 is 0 Å². The van der Waals surface area contributed by atoms with E-state index in [4.69, 9.17) is 0 Å². The van der Waals surface area contributed by atoms with Crippen LogP contribution in [0.2, 0.25) is 0 Å². The third kappa shape index (κ3) is 5.90. The minimum Gasteiger partial charge on any atom is -0.309 e. The van der Waals surface area contributed by atoms with Crippen LogP contribution < -0.4 is 0 Å². The van der Waals surface area contributed by atoms with Gasteiger partial charge in [0.2, 0.25) is 0 Å². The molecular formula is C46H30Br2N4. The molecule has 0 atom stereocenters. The molecule has 0 aliphatic heterocycles. The second-order valence-electron chi connectivity index (χ2n) is 12.6. The van der Waals surface area contributed by atoms with Crippen LogP contribution in [-0.2, 0) is 0 Å². The molecule has 0 aliphatic carbocycles. The van der Waals surface area contributed by atoms with Gasteiger partial charge in [-0.25, -0.2) is 0 Å². The molecule has 0 unspecified atom stereocenters. The average Bonchev–Trinajstić information content (AvgIpc) is 3.71. The van der Waals surface area contributed by atoms with Gasteiger partial charge in [0.15, 0.2) is 0 Å². The van der Waals surface area contributed by atoms with Crippen molar-refractivity contribution in [3.8, 4) is 33.6 Å². The van der Waals surface area contributed by atoms with Crippen molar-refractivity contribution in [3.05, 3.63) is 191 Å². The quantitative estimate of drug-likeness (QED) is 0.178. The first-order valence-corrected chi connectivity index (χ1v) is 18.6. The maximum Gasteiger partial charge on any atom is 0.0541 e. The molecule has 0 saturated heterocycles. The van der Waals surface area contributed by atoms with E-state index in [1.807, 2.05) is 24.5 Å². The highest BCUT2D eigenvalue weighted by Gasteiger charge is 2.14. The van der Waals surface area contributed by atoms with Gasteiger partial charge in [0.05, 0.1) is 22.1 Å².